The summed E-state index contributed by atoms with van der Waals surface area (Å²) in [5.74, 6) is 0. The maximum Gasteiger partial charge on any atom is 0.417 e. The quantitative estimate of drug-likeness (QED) is 0.896. The molecule has 0 spiro atoms. The van der Waals surface area contributed by atoms with E-state index in [-0.39, 0.29) is 0 Å². The largest absolute Gasteiger partial charge is 0.417 e. The summed E-state index contributed by atoms with van der Waals surface area (Å²) in [4.78, 5) is -0.785. The number of sulfonamides is 1. The summed E-state index contributed by atoms with van der Waals surface area (Å²) >= 11 is 0. The molecule has 7 heteroatoms. The fourth-order valence-electron chi connectivity index (χ4n) is 2.47. The summed E-state index contributed by atoms with van der Waals surface area (Å²) < 4.78 is 66.3. The summed E-state index contributed by atoms with van der Waals surface area (Å²) in [7, 11) is -4.35. The van der Waals surface area contributed by atoms with E-state index in [1.54, 1.807) is 26.0 Å². The summed E-state index contributed by atoms with van der Waals surface area (Å²) in [6.45, 7) is 5.26. The van der Waals surface area contributed by atoms with Gasteiger partial charge in [-0.05, 0) is 44.0 Å². The molecule has 0 amide bonds. The van der Waals surface area contributed by atoms with Crippen LogP contribution in [-0.2, 0) is 16.2 Å². The third-order valence-corrected chi connectivity index (χ3v) is 4.80. The second-order valence-electron chi connectivity index (χ2n) is 5.37. The fourth-order valence-corrected chi connectivity index (χ4v) is 3.90. The van der Waals surface area contributed by atoms with Crippen LogP contribution in [0.2, 0.25) is 0 Å². The van der Waals surface area contributed by atoms with Crippen molar-refractivity contribution in [1.29, 1.82) is 0 Å². The van der Waals surface area contributed by atoms with Crippen LogP contribution in [0.25, 0.3) is 0 Å². The lowest BCUT2D eigenvalue weighted by Gasteiger charge is -2.17. The minimum atomic E-state index is -4.75. The molecule has 23 heavy (non-hydrogen) atoms. The highest BCUT2D eigenvalue weighted by atomic mass is 32.2. The smallest absolute Gasteiger partial charge is 0.279 e. The van der Waals surface area contributed by atoms with Crippen LogP contribution >= 0.6 is 0 Å². The Kier molecular flexibility index (Phi) is 4.43. The molecule has 2 aromatic rings. The van der Waals surface area contributed by atoms with Crippen molar-refractivity contribution < 1.29 is 21.6 Å². The number of hydrogen-bond donors (Lipinski definition) is 1. The van der Waals surface area contributed by atoms with Gasteiger partial charge in [0.2, 0.25) is 0 Å². The highest BCUT2D eigenvalue weighted by Crippen LogP contribution is 2.35. The first-order valence-corrected chi connectivity index (χ1v) is 8.27. The van der Waals surface area contributed by atoms with Gasteiger partial charge in [-0.2, -0.15) is 13.2 Å². The first-order chi connectivity index (χ1) is 10.5. The van der Waals surface area contributed by atoms with Crippen LogP contribution in [0, 0.1) is 20.8 Å². The van der Waals surface area contributed by atoms with E-state index in [0.29, 0.717) is 16.8 Å². The van der Waals surface area contributed by atoms with Crippen molar-refractivity contribution in [1.82, 2.24) is 0 Å². The summed E-state index contributed by atoms with van der Waals surface area (Å²) in [6, 6.07) is 7.65. The Morgan fingerprint density at radius 2 is 1.48 bits per heavy atom. The van der Waals surface area contributed by atoms with Gasteiger partial charge < -0.3 is 0 Å². The highest BCUT2D eigenvalue weighted by Gasteiger charge is 2.37. The van der Waals surface area contributed by atoms with Gasteiger partial charge >= 0.3 is 6.18 Å². The maximum atomic E-state index is 13.0. The third kappa shape index (κ3) is 3.67. The van der Waals surface area contributed by atoms with Crippen molar-refractivity contribution in [2.45, 2.75) is 31.8 Å². The van der Waals surface area contributed by atoms with Gasteiger partial charge in [0, 0.05) is 0 Å². The number of hydrogen-bond acceptors (Lipinski definition) is 2. The van der Waals surface area contributed by atoms with E-state index >= 15 is 0 Å². The zero-order valence-corrected chi connectivity index (χ0v) is 13.6. The van der Waals surface area contributed by atoms with Crippen molar-refractivity contribution in [2.75, 3.05) is 4.72 Å². The molecule has 0 heterocycles. The van der Waals surface area contributed by atoms with Crippen LogP contribution in [0.4, 0.5) is 18.9 Å². The average molecular weight is 343 g/mol. The Morgan fingerprint density at radius 1 is 0.957 bits per heavy atom. The molecular formula is C16H16F3NO2S. The molecule has 3 nitrogen and oxygen atoms in total. The van der Waals surface area contributed by atoms with Gasteiger partial charge in [-0.3, -0.25) is 4.72 Å². The lowest BCUT2D eigenvalue weighted by atomic mass is 10.1. The molecule has 2 aromatic carbocycles. The van der Waals surface area contributed by atoms with Crippen molar-refractivity contribution >= 4 is 15.7 Å². The van der Waals surface area contributed by atoms with E-state index in [9.17, 15) is 21.6 Å². The van der Waals surface area contributed by atoms with Crippen molar-refractivity contribution in [2.24, 2.45) is 0 Å². The monoisotopic (exact) mass is 343 g/mol. The van der Waals surface area contributed by atoms with E-state index in [4.69, 9.17) is 0 Å². The van der Waals surface area contributed by atoms with E-state index in [2.05, 4.69) is 4.72 Å². The number of nitrogens with one attached hydrogen (secondary N) is 1. The molecule has 0 aliphatic heterocycles. The first kappa shape index (κ1) is 17.3. The zero-order valence-electron chi connectivity index (χ0n) is 12.8. The Labute approximate surface area is 133 Å². The predicted molar refractivity (Wildman–Crippen MR) is 82.9 cm³/mol. The maximum absolute atomic E-state index is 13.0. The van der Waals surface area contributed by atoms with Crippen LogP contribution in [-0.4, -0.2) is 8.42 Å². The van der Waals surface area contributed by atoms with Crippen LogP contribution in [0.15, 0.2) is 41.3 Å². The van der Waals surface area contributed by atoms with E-state index in [1.807, 2.05) is 6.92 Å². The fraction of sp³-hybridized carbons (Fsp3) is 0.250. The van der Waals surface area contributed by atoms with Gasteiger partial charge in [-0.1, -0.05) is 29.8 Å². The number of alkyl halides is 3. The molecule has 0 radical (unpaired) electrons. The number of halogens is 3. The molecule has 2 rings (SSSR count). The second kappa shape index (κ2) is 5.88. The molecule has 0 atom stereocenters. The standard InChI is InChI=1S/C16H16F3NO2S/c1-10-8-11(2)15(12(3)9-10)20-23(21,22)14-7-5-4-6-13(14)16(17,18)19/h4-9,20H,1-3H3. The van der Waals surface area contributed by atoms with Crippen molar-refractivity contribution in [3.8, 4) is 0 Å². The molecule has 0 saturated heterocycles. The van der Waals surface area contributed by atoms with Gasteiger partial charge in [-0.25, -0.2) is 8.42 Å². The second-order valence-corrected chi connectivity index (χ2v) is 7.02. The molecular weight excluding hydrogens is 327 g/mol. The lowest BCUT2D eigenvalue weighted by Crippen LogP contribution is -2.19. The van der Waals surface area contributed by atoms with E-state index in [0.717, 1.165) is 23.8 Å². The normalized spacial score (nSPS) is 12.3. The Morgan fingerprint density at radius 3 is 2.00 bits per heavy atom. The third-order valence-electron chi connectivity index (χ3n) is 3.40. The summed E-state index contributed by atoms with van der Waals surface area (Å²) in [5.41, 5.74) is 1.35. The van der Waals surface area contributed by atoms with E-state index < -0.39 is 26.7 Å². The molecule has 0 fully saturated rings. The molecule has 0 unspecified atom stereocenters. The molecule has 0 aliphatic carbocycles. The Balaban J connectivity index is 2.54. The minimum absolute atomic E-state index is 0.299. The number of benzene rings is 2. The van der Waals surface area contributed by atoms with E-state index in [1.165, 1.54) is 6.07 Å². The zero-order chi connectivity index (χ0) is 17.4. The van der Waals surface area contributed by atoms with Crippen molar-refractivity contribution in [3.63, 3.8) is 0 Å². The van der Waals surface area contributed by atoms with Crippen LogP contribution in [0.5, 0.6) is 0 Å². The number of aryl methyl sites for hydroxylation is 3. The SMILES string of the molecule is Cc1cc(C)c(NS(=O)(=O)c2ccccc2C(F)(F)F)c(C)c1. The van der Waals surface area contributed by atoms with Gasteiger partial charge in [0.25, 0.3) is 10.0 Å². The average Bonchev–Trinajstić information content (AvgIpc) is 2.42. The number of rotatable bonds is 3. The number of anilines is 1. The van der Waals surface area contributed by atoms with Crippen LogP contribution in [0.3, 0.4) is 0 Å². The first-order valence-electron chi connectivity index (χ1n) is 6.79. The summed E-state index contributed by atoms with van der Waals surface area (Å²) in [5, 5.41) is 0. The molecule has 0 saturated carbocycles. The Hall–Kier alpha value is -2.02. The molecule has 0 bridgehead atoms. The van der Waals surface area contributed by atoms with Gasteiger partial charge in [0.05, 0.1) is 16.1 Å². The van der Waals surface area contributed by atoms with Gasteiger partial charge in [-0.15, -0.1) is 0 Å². The molecule has 124 valence electrons. The van der Waals surface area contributed by atoms with Crippen LogP contribution < -0.4 is 4.72 Å². The highest BCUT2D eigenvalue weighted by molar-refractivity contribution is 7.92. The predicted octanol–water partition coefficient (Wildman–Crippen LogP) is 4.43. The van der Waals surface area contributed by atoms with Crippen molar-refractivity contribution in [3.05, 3.63) is 58.7 Å². The topological polar surface area (TPSA) is 46.2 Å². The molecule has 0 aliphatic rings. The minimum Gasteiger partial charge on any atom is -0.279 e. The molecule has 1 N–H and O–H groups in total. The van der Waals surface area contributed by atoms with Gasteiger partial charge in [0.15, 0.2) is 0 Å². The van der Waals surface area contributed by atoms with Gasteiger partial charge in [0.1, 0.15) is 0 Å². The molecule has 0 aromatic heterocycles. The lowest BCUT2D eigenvalue weighted by molar-refractivity contribution is -0.139. The Bertz CT molecular complexity index is 820. The van der Waals surface area contributed by atoms with Crippen LogP contribution in [0.1, 0.15) is 22.3 Å². The summed E-state index contributed by atoms with van der Waals surface area (Å²) in [6.07, 6.45) is -4.75.